The smallest absolute Gasteiger partial charge is 0.435 e. The van der Waals surface area contributed by atoms with Crippen LogP contribution < -0.4 is 0 Å². The van der Waals surface area contributed by atoms with Gasteiger partial charge in [0.2, 0.25) is 5.91 Å². The first-order valence-corrected chi connectivity index (χ1v) is 10.8. The number of hydrogen-bond acceptors (Lipinski definition) is 4. The maximum absolute atomic E-state index is 13.6. The van der Waals surface area contributed by atoms with Gasteiger partial charge in [0.1, 0.15) is 0 Å². The SMILES string of the molecule is O=C(C[C@H]1CC[C@H](C(=O)O)CC1)N1CCc2c(C(F)(F)F)nn(Cc3ccncc3)c2C1. The van der Waals surface area contributed by atoms with E-state index in [1.807, 2.05) is 0 Å². The monoisotopic (exact) mass is 450 g/mol. The lowest BCUT2D eigenvalue weighted by Crippen LogP contribution is -2.38. The van der Waals surface area contributed by atoms with Gasteiger partial charge in [0.25, 0.3) is 0 Å². The maximum Gasteiger partial charge on any atom is 0.435 e. The fourth-order valence-electron chi connectivity index (χ4n) is 4.70. The summed E-state index contributed by atoms with van der Waals surface area (Å²) >= 11 is 0. The van der Waals surface area contributed by atoms with Gasteiger partial charge in [-0.25, -0.2) is 0 Å². The lowest BCUT2D eigenvalue weighted by molar-refractivity contribution is -0.143. The molecule has 172 valence electrons. The van der Waals surface area contributed by atoms with E-state index >= 15 is 0 Å². The van der Waals surface area contributed by atoms with Gasteiger partial charge in [0.15, 0.2) is 5.69 Å². The van der Waals surface area contributed by atoms with Gasteiger partial charge in [0, 0.05) is 30.9 Å². The van der Waals surface area contributed by atoms with Crippen LogP contribution >= 0.6 is 0 Å². The number of pyridine rings is 1. The van der Waals surface area contributed by atoms with Crippen LogP contribution in [0.4, 0.5) is 13.2 Å². The predicted octanol–water partition coefficient (Wildman–Crippen LogP) is 3.51. The highest BCUT2D eigenvalue weighted by atomic mass is 19.4. The molecule has 0 atom stereocenters. The lowest BCUT2D eigenvalue weighted by Gasteiger charge is -2.31. The van der Waals surface area contributed by atoms with Gasteiger partial charge < -0.3 is 10.0 Å². The number of carboxylic acids is 1. The van der Waals surface area contributed by atoms with E-state index in [1.54, 1.807) is 29.4 Å². The molecule has 0 unspecified atom stereocenters. The molecule has 2 aromatic rings. The highest BCUT2D eigenvalue weighted by molar-refractivity contribution is 5.77. The highest BCUT2D eigenvalue weighted by Crippen LogP contribution is 2.36. The van der Waals surface area contributed by atoms with Crippen molar-refractivity contribution in [2.75, 3.05) is 6.54 Å². The Labute approximate surface area is 183 Å². The van der Waals surface area contributed by atoms with Gasteiger partial charge in [-0.2, -0.15) is 18.3 Å². The molecule has 0 bridgehead atoms. The van der Waals surface area contributed by atoms with Crippen LogP contribution in [-0.2, 0) is 35.3 Å². The van der Waals surface area contributed by atoms with Crippen LogP contribution in [0.3, 0.4) is 0 Å². The second-order valence-corrected chi connectivity index (χ2v) is 8.61. The molecule has 2 aliphatic rings. The van der Waals surface area contributed by atoms with Crippen molar-refractivity contribution >= 4 is 11.9 Å². The number of hydrogen-bond donors (Lipinski definition) is 1. The van der Waals surface area contributed by atoms with E-state index in [0.717, 1.165) is 5.56 Å². The van der Waals surface area contributed by atoms with E-state index in [2.05, 4.69) is 10.1 Å². The number of carboxylic acid groups (broad SMARTS) is 1. The average Bonchev–Trinajstić information content (AvgIpc) is 3.13. The van der Waals surface area contributed by atoms with Crippen molar-refractivity contribution in [1.29, 1.82) is 0 Å². The van der Waals surface area contributed by atoms with Crippen molar-refractivity contribution in [3.63, 3.8) is 0 Å². The first-order valence-electron chi connectivity index (χ1n) is 10.8. The molecule has 1 saturated carbocycles. The maximum atomic E-state index is 13.6. The number of alkyl halides is 3. The Bertz CT molecular complexity index is 982. The summed E-state index contributed by atoms with van der Waals surface area (Å²) in [6.07, 6.45) is 1.48. The number of aliphatic carboxylic acids is 1. The lowest BCUT2D eigenvalue weighted by atomic mass is 9.80. The zero-order valence-corrected chi connectivity index (χ0v) is 17.5. The Kier molecular flexibility index (Phi) is 6.21. The molecule has 2 aromatic heterocycles. The minimum Gasteiger partial charge on any atom is -0.481 e. The van der Waals surface area contributed by atoms with Crippen LogP contribution in [0, 0.1) is 11.8 Å². The Balaban J connectivity index is 1.49. The zero-order valence-electron chi connectivity index (χ0n) is 17.5. The number of carbonyl (C=O) groups is 2. The van der Waals surface area contributed by atoms with Crippen LogP contribution in [-0.4, -0.2) is 43.2 Å². The summed E-state index contributed by atoms with van der Waals surface area (Å²) in [6.45, 7) is 0.481. The molecule has 0 saturated heterocycles. The summed E-state index contributed by atoms with van der Waals surface area (Å²) in [6, 6.07) is 3.45. The topological polar surface area (TPSA) is 88.3 Å². The standard InChI is InChI=1S/C22H25F3N4O3/c23-22(24,25)20-17-7-10-28(19(30)11-14-1-3-16(4-2-14)21(31)32)13-18(17)29(27-20)12-15-5-8-26-9-6-15/h5-6,8-9,14,16H,1-4,7,10-13H2,(H,31,32)/t14-,16-. The molecule has 1 fully saturated rings. The minimum absolute atomic E-state index is 0.0901. The Hall–Kier alpha value is -2.91. The average molecular weight is 450 g/mol. The van der Waals surface area contributed by atoms with Gasteiger partial charge in [0.05, 0.1) is 24.7 Å². The van der Waals surface area contributed by atoms with E-state index in [0.29, 0.717) is 37.8 Å². The molecule has 7 nitrogen and oxygen atoms in total. The summed E-state index contributed by atoms with van der Waals surface area (Å²) in [5.74, 6) is -1.12. The third-order valence-electron chi connectivity index (χ3n) is 6.50. The molecule has 1 aliphatic carbocycles. The molecule has 1 aliphatic heterocycles. The summed E-state index contributed by atoms with van der Waals surface area (Å²) in [7, 11) is 0. The number of carbonyl (C=O) groups excluding carboxylic acids is 1. The second-order valence-electron chi connectivity index (χ2n) is 8.61. The van der Waals surface area contributed by atoms with Crippen LogP contribution in [0.2, 0.25) is 0 Å². The van der Waals surface area contributed by atoms with Crippen LogP contribution in [0.1, 0.15) is 54.6 Å². The van der Waals surface area contributed by atoms with Crippen molar-refractivity contribution in [1.82, 2.24) is 19.7 Å². The van der Waals surface area contributed by atoms with Crippen LogP contribution in [0.5, 0.6) is 0 Å². The summed E-state index contributed by atoms with van der Waals surface area (Å²) in [5.41, 5.74) is 0.485. The summed E-state index contributed by atoms with van der Waals surface area (Å²) in [4.78, 5) is 29.6. The van der Waals surface area contributed by atoms with E-state index in [9.17, 15) is 22.8 Å². The minimum atomic E-state index is -4.55. The van der Waals surface area contributed by atoms with E-state index < -0.39 is 17.8 Å². The van der Waals surface area contributed by atoms with Gasteiger partial charge in [-0.1, -0.05) is 0 Å². The van der Waals surface area contributed by atoms with Gasteiger partial charge in [-0.3, -0.25) is 19.3 Å². The first kappa shape index (κ1) is 22.3. The Morgan fingerprint density at radius 1 is 1.12 bits per heavy atom. The molecule has 1 N–H and O–H groups in total. The molecule has 3 heterocycles. The van der Waals surface area contributed by atoms with E-state index in [-0.39, 0.29) is 49.4 Å². The Morgan fingerprint density at radius 2 is 1.81 bits per heavy atom. The number of aromatic nitrogens is 3. The Morgan fingerprint density at radius 3 is 2.44 bits per heavy atom. The molecular formula is C22H25F3N4O3. The van der Waals surface area contributed by atoms with Crippen molar-refractivity contribution in [3.05, 3.63) is 47.0 Å². The number of rotatable bonds is 5. The largest absolute Gasteiger partial charge is 0.481 e. The quantitative estimate of drug-likeness (QED) is 0.753. The van der Waals surface area contributed by atoms with Crippen molar-refractivity contribution in [2.45, 2.75) is 57.8 Å². The molecule has 4 rings (SSSR count). The number of halogens is 3. The fraction of sp³-hybridized carbons (Fsp3) is 0.545. The second kappa shape index (κ2) is 8.91. The van der Waals surface area contributed by atoms with Gasteiger partial charge in [-0.05, 0) is 55.7 Å². The molecule has 0 radical (unpaired) electrons. The third kappa shape index (κ3) is 4.78. The number of nitrogens with zero attached hydrogens (tertiary/aromatic N) is 4. The van der Waals surface area contributed by atoms with Gasteiger partial charge in [-0.15, -0.1) is 0 Å². The predicted molar refractivity (Wildman–Crippen MR) is 107 cm³/mol. The zero-order chi connectivity index (χ0) is 22.9. The molecule has 0 spiro atoms. The van der Waals surface area contributed by atoms with Crippen LogP contribution in [0.15, 0.2) is 24.5 Å². The molecule has 32 heavy (non-hydrogen) atoms. The highest BCUT2D eigenvalue weighted by Gasteiger charge is 2.41. The first-order chi connectivity index (χ1) is 15.2. The third-order valence-corrected chi connectivity index (χ3v) is 6.50. The van der Waals surface area contributed by atoms with Crippen molar-refractivity contribution in [3.8, 4) is 0 Å². The molecular weight excluding hydrogens is 425 g/mol. The van der Waals surface area contributed by atoms with Crippen LogP contribution in [0.25, 0.3) is 0 Å². The van der Waals surface area contributed by atoms with Gasteiger partial charge >= 0.3 is 12.1 Å². The summed E-state index contributed by atoms with van der Waals surface area (Å²) in [5, 5.41) is 13.0. The van der Waals surface area contributed by atoms with Crippen molar-refractivity contribution < 1.29 is 27.9 Å². The summed E-state index contributed by atoms with van der Waals surface area (Å²) < 4.78 is 42.1. The molecule has 0 aromatic carbocycles. The van der Waals surface area contributed by atoms with E-state index in [1.165, 1.54) is 4.68 Å². The van der Waals surface area contributed by atoms with E-state index in [4.69, 9.17) is 5.11 Å². The molecule has 10 heteroatoms. The number of fused-ring (bicyclic) bond motifs is 1. The molecule has 1 amide bonds. The normalized spacial score (nSPS) is 21.3. The van der Waals surface area contributed by atoms with Crippen molar-refractivity contribution in [2.24, 2.45) is 11.8 Å². The number of amides is 1. The fourth-order valence-corrected chi connectivity index (χ4v) is 4.70.